The molecule has 0 aliphatic heterocycles. The number of aryl methyl sites for hydroxylation is 4. The minimum atomic E-state index is -0.983. The number of rotatable bonds is 8. The quantitative estimate of drug-likeness (QED) is 0.517. The maximum atomic E-state index is 12.7. The summed E-state index contributed by atoms with van der Waals surface area (Å²) in [4.78, 5) is 22.6. The Morgan fingerprint density at radius 3 is 2.27 bits per heavy atom. The first-order valence-corrected chi connectivity index (χ1v) is 11.0. The maximum Gasteiger partial charge on any atom is 0.314 e. The van der Waals surface area contributed by atoms with Crippen molar-refractivity contribution in [1.29, 1.82) is 0 Å². The molecule has 0 saturated carbocycles. The van der Waals surface area contributed by atoms with Crippen LogP contribution >= 0.6 is 0 Å². The van der Waals surface area contributed by atoms with Crippen molar-refractivity contribution >= 4 is 17.1 Å². The Morgan fingerprint density at radius 1 is 1.07 bits per heavy atom. The van der Waals surface area contributed by atoms with Gasteiger partial charge >= 0.3 is 5.97 Å². The van der Waals surface area contributed by atoms with Crippen molar-refractivity contribution in [3.63, 3.8) is 0 Å². The second-order valence-corrected chi connectivity index (χ2v) is 8.31. The third kappa shape index (κ3) is 3.51. The van der Waals surface area contributed by atoms with Gasteiger partial charge in [-0.25, -0.2) is 9.97 Å². The molecule has 2 heterocycles. The largest absolute Gasteiger partial charge is 0.481 e. The third-order valence-electron chi connectivity index (χ3n) is 6.26. The van der Waals surface area contributed by atoms with E-state index in [1.54, 1.807) is 0 Å². The van der Waals surface area contributed by atoms with E-state index in [9.17, 15) is 9.90 Å². The molecule has 1 N–H and O–H groups in total. The highest BCUT2D eigenvalue weighted by atomic mass is 16.4. The normalized spacial score (nSPS) is 13.5. The van der Waals surface area contributed by atoms with Crippen molar-refractivity contribution in [3.8, 4) is 11.1 Å². The number of aromatic nitrogens is 3. The lowest BCUT2D eigenvalue weighted by molar-refractivity contribution is -0.144. The number of hydrogen-bond donors (Lipinski definition) is 1. The Balaban J connectivity index is 2.50. The van der Waals surface area contributed by atoms with E-state index in [1.165, 1.54) is 5.56 Å². The first kappa shape index (κ1) is 22.0. The van der Waals surface area contributed by atoms with Gasteiger partial charge in [-0.2, -0.15) is 0 Å². The molecule has 160 valence electrons. The summed E-state index contributed by atoms with van der Waals surface area (Å²) in [5, 5.41) is 10.4. The van der Waals surface area contributed by atoms with Crippen LogP contribution in [0.25, 0.3) is 22.3 Å². The van der Waals surface area contributed by atoms with E-state index in [0.29, 0.717) is 12.8 Å². The van der Waals surface area contributed by atoms with E-state index in [4.69, 9.17) is 9.97 Å². The van der Waals surface area contributed by atoms with Crippen LogP contribution in [0.2, 0.25) is 0 Å². The smallest absolute Gasteiger partial charge is 0.314 e. The van der Waals surface area contributed by atoms with Gasteiger partial charge in [0.05, 0.1) is 5.41 Å². The van der Waals surface area contributed by atoms with Crippen molar-refractivity contribution in [2.75, 3.05) is 0 Å². The van der Waals surface area contributed by atoms with Gasteiger partial charge in [-0.05, 0) is 38.7 Å². The lowest BCUT2D eigenvalue weighted by Gasteiger charge is -2.32. The summed E-state index contributed by atoms with van der Waals surface area (Å²) in [5.41, 5.74) is 5.34. The maximum absolute atomic E-state index is 12.7. The highest BCUT2D eigenvalue weighted by molar-refractivity contribution is 5.97. The number of nitrogens with zero attached hydrogens (tertiary/aromatic N) is 3. The van der Waals surface area contributed by atoms with E-state index < -0.39 is 11.4 Å². The number of benzene rings is 1. The van der Waals surface area contributed by atoms with E-state index in [1.807, 2.05) is 27.8 Å². The molecular weight excluding hydrogens is 374 g/mol. The summed E-state index contributed by atoms with van der Waals surface area (Å²) in [5.74, 6) is 0.201. The highest BCUT2D eigenvalue weighted by Crippen LogP contribution is 2.44. The number of pyridine rings is 1. The van der Waals surface area contributed by atoms with Crippen LogP contribution in [0.3, 0.4) is 0 Å². The monoisotopic (exact) mass is 407 g/mol. The molecule has 0 saturated heterocycles. The molecule has 0 fully saturated rings. The predicted octanol–water partition coefficient (Wildman–Crippen LogP) is 5.74. The van der Waals surface area contributed by atoms with Gasteiger partial charge in [0.1, 0.15) is 11.3 Å². The van der Waals surface area contributed by atoms with Crippen LogP contribution in [0, 0.1) is 13.8 Å². The number of fused-ring (bicyclic) bond motifs is 1. The van der Waals surface area contributed by atoms with Gasteiger partial charge in [0, 0.05) is 30.3 Å². The van der Waals surface area contributed by atoms with Crippen LogP contribution in [0.1, 0.15) is 69.1 Å². The summed E-state index contributed by atoms with van der Waals surface area (Å²) in [6.07, 6.45) is 3.72. The number of carboxylic acid groups (broad SMARTS) is 1. The average Bonchev–Trinajstić information content (AvgIpc) is 3.02. The molecule has 0 aliphatic rings. The Labute approximate surface area is 179 Å². The van der Waals surface area contributed by atoms with Crippen molar-refractivity contribution in [1.82, 2.24) is 14.5 Å². The zero-order valence-corrected chi connectivity index (χ0v) is 19.0. The molecule has 2 aromatic heterocycles. The van der Waals surface area contributed by atoms with Crippen LogP contribution in [0.4, 0.5) is 0 Å². The molecule has 1 unspecified atom stereocenters. The average molecular weight is 408 g/mol. The van der Waals surface area contributed by atoms with Crippen molar-refractivity contribution in [2.45, 2.75) is 72.1 Å². The van der Waals surface area contributed by atoms with Gasteiger partial charge in [-0.1, -0.05) is 57.0 Å². The summed E-state index contributed by atoms with van der Waals surface area (Å²) in [6.45, 7) is 10.1. The van der Waals surface area contributed by atoms with E-state index in [2.05, 4.69) is 42.7 Å². The lowest BCUT2D eigenvalue weighted by atomic mass is 9.71. The summed E-state index contributed by atoms with van der Waals surface area (Å²) < 4.78 is 2.06. The molecule has 0 radical (unpaired) electrons. The fourth-order valence-electron chi connectivity index (χ4n) is 4.65. The van der Waals surface area contributed by atoms with Crippen LogP contribution in [-0.4, -0.2) is 25.6 Å². The Bertz CT molecular complexity index is 1070. The zero-order valence-electron chi connectivity index (χ0n) is 19.0. The molecule has 30 heavy (non-hydrogen) atoms. The fraction of sp³-hybridized carbons (Fsp3) is 0.480. The van der Waals surface area contributed by atoms with Crippen molar-refractivity contribution < 1.29 is 9.90 Å². The number of aliphatic carboxylic acids is 1. The predicted molar refractivity (Wildman–Crippen MR) is 122 cm³/mol. The summed E-state index contributed by atoms with van der Waals surface area (Å²) in [7, 11) is 2.00. The van der Waals surface area contributed by atoms with Crippen LogP contribution in [0.5, 0.6) is 0 Å². The molecule has 0 spiro atoms. The Morgan fingerprint density at radius 2 is 1.73 bits per heavy atom. The molecular formula is C25H33N3O2. The molecule has 5 nitrogen and oxygen atoms in total. The summed E-state index contributed by atoms with van der Waals surface area (Å²) >= 11 is 0. The SMILES string of the molecule is CCCc1nc2c(-c3ccc(C)cc3)c(C(CC)(CCC)C(=O)O)c(C)nc2n1C. The molecule has 5 heteroatoms. The fourth-order valence-corrected chi connectivity index (χ4v) is 4.65. The van der Waals surface area contributed by atoms with Crippen LogP contribution in [-0.2, 0) is 23.7 Å². The van der Waals surface area contributed by atoms with E-state index in [0.717, 1.165) is 58.6 Å². The zero-order chi connectivity index (χ0) is 22.1. The Kier molecular flexibility index (Phi) is 6.30. The molecule has 1 atom stereocenters. The molecule has 0 aliphatic carbocycles. The van der Waals surface area contributed by atoms with Gasteiger partial charge in [0.25, 0.3) is 0 Å². The highest BCUT2D eigenvalue weighted by Gasteiger charge is 2.42. The minimum Gasteiger partial charge on any atom is -0.481 e. The molecule has 0 bridgehead atoms. The van der Waals surface area contributed by atoms with Gasteiger partial charge in [-0.3, -0.25) is 4.79 Å². The van der Waals surface area contributed by atoms with Gasteiger partial charge < -0.3 is 9.67 Å². The van der Waals surface area contributed by atoms with E-state index >= 15 is 0 Å². The van der Waals surface area contributed by atoms with Gasteiger partial charge in [-0.15, -0.1) is 0 Å². The molecule has 3 aromatic rings. The first-order chi connectivity index (χ1) is 14.3. The summed E-state index contributed by atoms with van der Waals surface area (Å²) in [6, 6.07) is 8.31. The minimum absolute atomic E-state index is 0.512. The standard InChI is InChI=1S/C25H33N3O2/c1-7-10-19-27-22-20(18-13-11-16(4)12-14-18)21(17(5)26-23(22)28(19)6)25(9-3,15-8-2)24(29)30/h11-14H,7-10,15H2,1-6H3,(H,29,30). The number of carboxylic acids is 1. The third-order valence-corrected chi connectivity index (χ3v) is 6.26. The Hall–Kier alpha value is -2.69. The first-order valence-electron chi connectivity index (χ1n) is 11.0. The van der Waals surface area contributed by atoms with Crippen LogP contribution < -0.4 is 0 Å². The second kappa shape index (κ2) is 8.58. The molecule has 1 aromatic carbocycles. The van der Waals surface area contributed by atoms with Crippen molar-refractivity contribution in [2.24, 2.45) is 7.05 Å². The van der Waals surface area contributed by atoms with Gasteiger partial charge in [0.2, 0.25) is 0 Å². The van der Waals surface area contributed by atoms with Gasteiger partial charge in [0.15, 0.2) is 5.65 Å². The van der Waals surface area contributed by atoms with Crippen molar-refractivity contribution in [3.05, 3.63) is 46.9 Å². The molecule has 0 amide bonds. The lowest BCUT2D eigenvalue weighted by Crippen LogP contribution is -2.37. The molecule has 3 rings (SSSR count). The number of carbonyl (C=O) groups is 1. The topological polar surface area (TPSA) is 68.0 Å². The number of imidazole rings is 1. The van der Waals surface area contributed by atoms with E-state index in [-0.39, 0.29) is 0 Å². The number of hydrogen-bond acceptors (Lipinski definition) is 3. The second-order valence-electron chi connectivity index (χ2n) is 8.31. The van der Waals surface area contributed by atoms with Crippen LogP contribution in [0.15, 0.2) is 24.3 Å².